The zero-order valence-corrected chi connectivity index (χ0v) is 14.4. The Kier molecular flexibility index (Phi) is 3.98. The fourth-order valence-corrected chi connectivity index (χ4v) is 4.12. The van der Waals surface area contributed by atoms with E-state index in [0.29, 0.717) is 6.42 Å². The number of nitrogens with zero attached hydrogens (tertiary/aromatic N) is 3. The fourth-order valence-electron chi connectivity index (χ4n) is 3.44. The van der Waals surface area contributed by atoms with Crippen molar-refractivity contribution in [3.8, 4) is 0 Å². The molecule has 1 N–H and O–H groups in total. The van der Waals surface area contributed by atoms with Gasteiger partial charge in [-0.05, 0) is 18.1 Å². The summed E-state index contributed by atoms with van der Waals surface area (Å²) in [6.07, 6.45) is 5.28. The number of benzene rings is 1. The first kappa shape index (κ1) is 15.2. The first-order valence-corrected chi connectivity index (χ1v) is 9.05. The predicted molar refractivity (Wildman–Crippen MR) is 97.5 cm³/mol. The topological polar surface area (TPSA) is 50.2 Å². The molecule has 0 aliphatic carbocycles. The van der Waals surface area contributed by atoms with E-state index in [1.54, 1.807) is 11.3 Å². The van der Waals surface area contributed by atoms with Gasteiger partial charge in [0.15, 0.2) is 5.13 Å². The minimum Gasteiger partial charge on any atom is -0.351 e. The van der Waals surface area contributed by atoms with Crippen molar-refractivity contribution in [2.45, 2.75) is 18.9 Å². The van der Waals surface area contributed by atoms with Crippen molar-refractivity contribution in [2.24, 2.45) is 7.05 Å². The molecule has 0 saturated carbocycles. The first-order chi connectivity index (χ1) is 11.7. The number of para-hydroxylation sites is 1. The van der Waals surface area contributed by atoms with Crippen molar-refractivity contribution in [3.63, 3.8) is 0 Å². The SMILES string of the molecule is Cn1cc(CC(=O)N[C@@H]2CCN(c3nccs3)C2)c2ccccc21. The third-order valence-electron chi connectivity index (χ3n) is 4.57. The molecule has 1 aliphatic heterocycles. The number of carbonyl (C=O) groups excluding carboxylic acids is 1. The Morgan fingerprint density at radius 1 is 1.42 bits per heavy atom. The molecular formula is C18H20N4OS. The number of rotatable bonds is 4. The summed E-state index contributed by atoms with van der Waals surface area (Å²) < 4.78 is 2.08. The maximum absolute atomic E-state index is 12.5. The highest BCUT2D eigenvalue weighted by Crippen LogP contribution is 2.23. The predicted octanol–water partition coefficient (Wildman–Crippen LogP) is 2.57. The second-order valence-corrected chi connectivity index (χ2v) is 7.15. The van der Waals surface area contributed by atoms with Crippen LogP contribution in [-0.4, -0.2) is 34.6 Å². The molecule has 1 saturated heterocycles. The van der Waals surface area contributed by atoms with E-state index in [0.717, 1.165) is 41.1 Å². The lowest BCUT2D eigenvalue weighted by atomic mass is 10.1. The number of hydrogen-bond acceptors (Lipinski definition) is 4. The summed E-state index contributed by atoms with van der Waals surface area (Å²) in [7, 11) is 2.02. The van der Waals surface area contributed by atoms with Crippen molar-refractivity contribution < 1.29 is 4.79 Å². The lowest BCUT2D eigenvalue weighted by molar-refractivity contribution is -0.121. The van der Waals surface area contributed by atoms with Crippen LogP contribution in [0.3, 0.4) is 0 Å². The van der Waals surface area contributed by atoms with Gasteiger partial charge in [-0.2, -0.15) is 0 Å². The second-order valence-electron chi connectivity index (χ2n) is 6.27. The monoisotopic (exact) mass is 340 g/mol. The van der Waals surface area contributed by atoms with Crippen LogP contribution in [0.15, 0.2) is 42.0 Å². The molecule has 1 amide bonds. The smallest absolute Gasteiger partial charge is 0.224 e. The van der Waals surface area contributed by atoms with Gasteiger partial charge in [0.1, 0.15) is 0 Å². The molecule has 2 aromatic heterocycles. The van der Waals surface area contributed by atoms with Gasteiger partial charge in [0.25, 0.3) is 0 Å². The molecule has 1 aromatic carbocycles. The van der Waals surface area contributed by atoms with Crippen molar-refractivity contribution in [2.75, 3.05) is 18.0 Å². The quantitative estimate of drug-likeness (QED) is 0.794. The number of thiazole rings is 1. The molecular weight excluding hydrogens is 320 g/mol. The summed E-state index contributed by atoms with van der Waals surface area (Å²) in [6.45, 7) is 1.79. The fraction of sp³-hybridized carbons (Fsp3) is 0.333. The van der Waals surface area contributed by atoms with Crippen LogP contribution >= 0.6 is 11.3 Å². The van der Waals surface area contributed by atoms with Crippen LogP contribution < -0.4 is 10.2 Å². The van der Waals surface area contributed by atoms with E-state index in [2.05, 4.69) is 38.1 Å². The van der Waals surface area contributed by atoms with E-state index in [-0.39, 0.29) is 11.9 Å². The Bertz CT molecular complexity index is 855. The zero-order chi connectivity index (χ0) is 16.5. The van der Waals surface area contributed by atoms with Gasteiger partial charge in [0.05, 0.1) is 6.42 Å². The molecule has 1 atom stereocenters. The van der Waals surface area contributed by atoms with Gasteiger partial charge < -0.3 is 14.8 Å². The van der Waals surface area contributed by atoms with Gasteiger partial charge in [-0.1, -0.05) is 18.2 Å². The van der Waals surface area contributed by atoms with Crippen LogP contribution in [0.5, 0.6) is 0 Å². The highest BCUT2D eigenvalue weighted by Gasteiger charge is 2.25. The van der Waals surface area contributed by atoms with Crippen LogP contribution in [0, 0.1) is 0 Å². The Morgan fingerprint density at radius 3 is 3.12 bits per heavy atom. The summed E-state index contributed by atoms with van der Waals surface area (Å²) in [5.74, 6) is 0.0948. The second kappa shape index (κ2) is 6.28. The van der Waals surface area contributed by atoms with E-state index < -0.39 is 0 Å². The van der Waals surface area contributed by atoms with Crippen LogP contribution in [0.4, 0.5) is 5.13 Å². The number of nitrogens with one attached hydrogen (secondary N) is 1. The molecule has 3 heterocycles. The average molecular weight is 340 g/mol. The number of fused-ring (bicyclic) bond motifs is 1. The molecule has 0 spiro atoms. The van der Waals surface area contributed by atoms with E-state index in [1.165, 1.54) is 0 Å². The molecule has 124 valence electrons. The van der Waals surface area contributed by atoms with Crippen molar-refractivity contribution in [1.82, 2.24) is 14.9 Å². The lowest BCUT2D eigenvalue weighted by Gasteiger charge is -2.15. The van der Waals surface area contributed by atoms with E-state index in [1.807, 2.05) is 30.8 Å². The van der Waals surface area contributed by atoms with E-state index in [4.69, 9.17) is 0 Å². The molecule has 5 nitrogen and oxygen atoms in total. The maximum atomic E-state index is 12.5. The highest BCUT2D eigenvalue weighted by molar-refractivity contribution is 7.13. The largest absolute Gasteiger partial charge is 0.351 e. The summed E-state index contributed by atoms with van der Waals surface area (Å²) in [5.41, 5.74) is 2.25. The summed E-state index contributed by atoms with van der Waals surface area (Å²) in [6, 6.07) is 8.42. The van der Waals surface area contributed by atoms with E-state index >= 15 is 0 Å². The Morgan fingerprint density at radius 2 is 2.29 bits per heavy atom. The molecule has 24 heavy (non-hydrogen) atoms. The number of anilines is 1. The number of aromatic nitrogens is 2. The van der Waals surface area contributed by atoms with E-state index in [9.17, 15) is 4.79 Å². The minimum atomic E-state index is 0.0948. The maximum Gasteiger partial charge on any atom is 0.224 e. The molecule has 6 heteroatoms. The van der Waals surface area contributed by atoms with Crippen LogP contribution in [0.1, 0.15) is 12.0 Å². The van der Waals surface area contributed by atoms with Gasteiger partial charge >= 0.3 is 0 Å². The average Bonchev–Trinajstić information content (AvgIpc) is 3.29. The van der Waals surface area contributed by atoms with Gasteiger partial charge in [-0.25, -0.2) is 4.98 Å². The molecule has 4 rings (SSSR count). The highest BCUT2D eigenvalue weighted by atomic mass is 32.1. The van der Waals surface area contributed by atoms with Crippen molar-refractivity contribution in [1.29, 1.82) is 0 Å². The third-order valence-corrected chi connectivity index (χ3v) is 5.41. The van der Waals surface area contributed by atoms with Crippen LogP contribution in [0.2, 0.25) is 0 Å². The Balaban J connectivity index is 1.40. The lowest BCUT2D eigenvalue weighted by Crippen LogP contribution is -2.37. The van der Waals surface area contributed by atoms with Gasteiger partial charge in [-0.15, -0.1) is 11.3 Å². The molecule has 1 aliphatic rings. The van der Waals surface area contributed by atoms with Gasteiger partial charge in [-0.3, -0.25) is 4.79 Å². The van der Waals surface area contributed by atoms with Gasteiger partial charge in [0.2, 0.25) is 5.91 Å². The third kappa shape index (κ3) is 2.89. The summed E-state index contributed by atoms with van der Waals surface area (Å²) >= 11 is 1.65. The van der Waals surface area contributed by atoms with Gasteiger partial charge in [0, 0.05) is 54.9 Å². The standard InChI is InChI=1S/C18H20N4OS/c1-21-11-13(15-4-2-3-5-16(15)21)10-17(23)20-14-6-8-22(12-14)18-19-7-9-24-18/h2-5,7,9,11,14H,6,8,10,12H2,1H3,(H,20,23)/t14-/m1/s1. The molecule has 0 radical (unpaired) electrons. The molecule has 1 fully saturated rings. The minimum absolute atomic E-state index is 0.0948. The number of aryl methyl sites for hydroxylation is 1. The number of carbonyl (C=O) groups is 1. The van der Waals surface area contributed by atoms with Crippen molar-refractivity contribution in [3.05, 3.63) is 47.6 Å². The summed E-state index contributed by atoms with van der Waals surface area (Å²) in [5, 5.41) is 7.37. The Labute approximate surface area is 144 Å². The van der Waals surface area contributed by atoms with Crippen LogP contribution in [-0.2, 0) is 18.3 Å². The number of amides is 1. The van der Waals surface area contributed by atoms with Crippen molar-refractivity contribution >= 4 is 33.3 Å². The molecule has 0 unspecified atom stereocenters. The summed E-state index contributed by atoms with van der Waals surface area (Å²) in [4.78, 5) is 19.1. The normalized spacial score (nSPS) is 17.5. The Hall–Kier alpha value is -2.34. The number of hydrogen-bond donors (Lipinski definition) is 1. The zero-order valence-electron chi connectivity index (χ0n) is 13.6. The molecule has 3 aromatic rings. The first-order valence-electron chi connectivity index (χ1n) is 8.17. The molecule has 0 bridgehead atoms. The van der Waals surface area contributed by atoms with Crippen LogP contribution in [0.25, 0.3) is 10.9 Å².